The largest absolute Gasteiger partial charge is 0.478 e. The lowest BCUT2D eigenvalue weighted by Crippen LogP contribution is -2.31. The van der Waals surface area contributed by atoms with Crippen LogP contribution < -0.4 is 0 Å². The van der Waals surface area contributed by atoms with Gasteiger partial charge in [0.05, 0.1) is 0 Å². The zero-order chi connectivity index (χ0) is 9.84. The third-order valence-electron chi connectivity index (χ3n) is 2.76. The smallest absolute Gasteiger partial charge is 0.331 e. The normalized spacial score (nSPS) is 18.8. The Balaban J connectivity index is 2.58. The molecule has 74 valence electrons. The summed E-state index contributed by atoms with van der Waals surface area (Å²) in [7, 11) is 0. The molecule has 0 spiro atoms. The number of carboxylic acids is 1. The summed E-state index contributed by atoms with van der Waals surface area (Å²) < 4.78 is 0. The SMILES string of the molecule is CCN1CCC(=C(C)C(=O)O)CC1. The Hall–Kier alpha value is -0.830. The van der Waals surface area contributed by atoms with Crippen LogP contribution in [-0.4, -0.2) is 35.6 Å². The topological polar surface area (TPSA) is 40.5 Å². The van der Waals surface area contributed by atoms with E-state index in [1.165, 1.54) is 0 Å². The molecule has 1 N–H and O–H groups in total. The summed E-state index contributed by atoms with van der Waals surface area (Å²) in [6.45, 7) is 6.93. The Morgan fingerprint density at radius 2 is 2.00 bits per heavy atom. The van der Waals surface area contributed by atoms with Crippen LogP contribution in [0.25, 0.3) is 0 Å². The third kappa shape index (κ3) is 2.56. The van der Waals surface area contributed by atoms with E-state index in [1.807, 2.05) is 0 Å². The maximum Gasteiger partial charge on any atom is 0.331 e. The first-order valence-corrected chi connectivity index (χ1v) is 4.79. The van der Waals surface area contributed by atoms with Gasteiger partial charge in [-0.1, -0.05) is 12.5 Å². The molecule has 0 saturated carbocycles. The van der Waals surface area contributed by atoms with Gasteiger partial charge in [0.15, 0.2) is 0 Å². The molecule has 0 aromatic carbocycles. The monoisotopic (exact) mass is 183 g/mol. The van der Waals surface area contributed by atoms with E-state index in [2.05, 4.69) is 11.8 Å². The Kier molecular flexibility index (Phi) is 3.48. The van der Waals surface area contributed by atoms with E-state index in [9.17, 15) is 4.79 Å². The van der Waals surface area contributed by atoms with Crippen molar-refractivity contribution in [3.8, 4) is 0 Å². The predicted molar refractivity (Wildman–Crippen MR) is 51.7 cm³/mol. The average molecular weight is 183 g/mol. The molecule has 0 amide bonds. The van der Waals surface area contributed by atoms with E-state index >= 15 is 0 Å². The van der Waals surface area contributed by atoms with Crippen molar-refractivity contribution < 1.29 is 9.90 Å². The highest BCUT2D eigenvalue weighted by molar-refractivity contribution is 5.86. The molecule has 0 aliphatic carbocycles. The minimum atomic E-state index is -0.764. The molecule has 0 aromatic rings. The number of likely N-dealkylation sites (tertiary alicyclic amines) is 1. The van der Waals surface area contributed by atoms with Crippen molar-refractivity contribution >= 4 is 5.97 Å². The summed E-state index contributed by atoms with van der Waals surface area (Å²) in [4.78, 5) is 13.0. The second-order valence-electron chi connectivity index (χ2n) is 3.47. The second kappa shape index (κ2) is 4.42. The lowest BCUT2D eigenvalue weighted by Gasteiger charge is -2.27. The number of rotatable bonds is 2. The van der Waals surface area contributed by atoms with Crippen LogP contribution in [-0.2, 0) is 4.79 Å². The fourth-order valence-corrected chi connectivity index (χ4v) is 1.67. The van der Waals surface area contributed by atoms with Crippen molar-refractivity contribution in [1.29, 1.82) is 0 Å². The van der Waals surface area contributed by atoms with Crippen molar-refractivity contribution in [2.24, 2.45) is 0 Å². The van der Waals surface area contributed by atoms with Gasteiger partial charge in [-0.25, -0.2) is 4.79 Å². The average Bonchev–Trinajstić information content (AvgIpc) is 2.17. The number of carbonyl (C=O) groups is 1. The predicted octanol–water partition coefficient (Wildman–Crippen LogP) is 1.50. The van der Waals surface area contributed by atoms with Gasteiger partial charge in [0, 0.05) is 18.7 Å². The van der Waals surface area contributed by atoms with Crippen LogP contribution in [0.5, 0.6) is 0 Å². The van der Waals surface area contributed by atoms with Crippen LogP contribution in [0.4, 0.5) is 0 Å². The van der Waals surface area contributed by atoms with Crippen molar-refractivity contribution in [3.05, 3.63) is 11.1 Å². The Labute approximate surface area is 79.0 Å². The zero-order valence-electron chi connectivity index (χ0n) is 8.34. The van der Waals surface area contributed by atoms with Crippen LogP contribution in [0.3, 0.4) is 0 Å². The number of hydrogen-bond acceptors (Lipinski definition) is 2. The molecule has 0 aromatic heterocycles. The number of piperidine rings is 1. The van der Waals surface area contributed by atoms with E-state index < -0.39 is 5.97 Å². The zero-order valence-corrected chi connectivity index (χ0v) is 8.34. The lowest BCUT2D eigenvalue weighted by atomic mass is 9.99. The standard InChI is InChI=1S/C10H17NO2/c1-3-11-6-4-9(5-7-11)8(2)10(12)13/h3-7H2,1-2H3,(H,12,13). The number of nitrogens with zero attached hydrogens (tertiary/aromatic N) is 1. The van der Waals surface area contributed by atoms with Crippen molar-refractivity contribution in [3.63, 3.8) is 0 Å². The quantitative estimate of drug-likeness (QED) is 0.659. The van der Waals surface area contributed by atoms with Gasteiger partial charge >= 0.3 is 5.97 Å². The maximum absolute atomic E-state index is 10.7. The summed E-state index contributed by atoms with van der Waals surface area (Å²) >= 11 is 0. The molecule has 0 atom stereocenters. The van der Waals surface area contributed by atoms with E-state index in [1.54, 1.807) is 6.92 Å². The molecule has 1 rings (SSSR count). The minimum Gasteiger partial charge on any atom is -0.478 e. The summed E-state index contributed by atoms with van der Waals surface area (Å²) in [5, 5.41) is 8.79. The molecule has 3 heteroatoms. The van der Waals surface area contributed by atoms with Gasteiger partial charge in [-0.2, -0.15) is 0 Å². The lowest BCUT2D eigenvalue weighted by molar-refractivity contribution is -0.132. The van der Waals surface area contributed by atoms with Crippen LogP contribution in [0.1, 0.15) is 26.7 Å². The van der Waals surface area contributed by atoms with E-state index in [0.29, 0.717) is 5.57 Å². The van der Waals surface area contributed by atoms with E-state index in [4.69, 9.17) is 5.11 Å². The summed E-state index contributed by atoms with van der Waals surface area (Å²) in [5.41, 5.74) is 1.67. The van der Waals surface area contributed by atoms with Crippen LogP contribution >= 0.6 is 0 Å². The Morgan fingerprint density at radius 3 is 2.38 bits per heavy atom. The van der Waals surface area contributed by atoms with Gasteiger partial charge in [-0.15, -0.1) is 0 Å². The van der Waals surface area contributed by atoms with E-state index in [0.717, 1.165) is 38.0 Å². The molecular weight excluding hydrogens is 166 g/mol. The van der Waals surface area contributed by atoms with Crippen LogP contribution in [0, 0.1) is 0 Å². The summed E-state index contributed by atoms with van der Waals surface area (Å²) in [6.07, 6.45) is 1.85. The number of aliphatic carboxylic acids is 1. The van der Waals surface area contributed by atoms with Crippen molar-refractivity contribution in [2.75, 3.05) is 19.6 Å². The molecule has 1 heterocycles. The summed E-state index contributed by atoms with van der Waals surface area (Å²) in [5.74, 6) is -0.764. The van der Waals surface area contributed by atoms with Crippen molar-refractivity contribution in [2.45, 2.75) is 26.7 Å². The van der Waals surface area contributed by atoms with Gasteiger partial charge in [0.2, 0.25) is 0 Å². The fraction of sp³-hybridized carbons (Fsp3) is 0.700. The van der Waals surface area contributed by atoms with Crippen LogP contribution in [0.2, 0.25) is 0 Å². The van der Waals surface area contributed by atoms with Crippen molar-refractivity contribution in [1.82, 2.24) is 4.90 Å². The first-order chi connectivity index (χ1) is 6.15. The fourth-order valence-electron chi connectivity index (χ4n) is 1.67. The molecule has 1 saturated heterocycles. The van der Waals surface area contributed by atoms with Gasteiger partial charge in [-0.05, 0) is 26.3 Å². The molecule has 0 bridgehead atoms. The highest BCUT2D eigenvalue weighted by atomic mass is 16.4. The molecule has 1 aliphatic rings. The number of hydrogen-bond donors (Lipinski definition) is 1. The van der Waals surface area contributed by atoms with Gasteiger partial charge in [-0.3, -0.25) is 0 Å². The summed E-state index contributed by atoms with van der Waals surface area (Å²) in [6, 6.07) is 0. The highest BCUT2D eigenvalue weighted by Gasteiger charge is 2.16. The maximum atomic E-state index is 10.7. The third-order valence-corrected chi connectivity index (χ3v) is 2.76. The highest BCUT2D eigenvalue weighted by Crippen LogP contribution is 2.19. The Morgan fingerprint density at radius 1 is 1.46 bits per heavy atom. The molecule has 0 unspecified atom stereocenters. The molecular formula is C10H17NO2. The van der Waals surface area contributed by atoms with Gasteiger partial charge < -0.3 is 10.0 Å². The number of carboxylic acid groups (broad SMARTS) is 1. The molecule has 0 radical (unpaired) electrons. The molecule has 3 nitrogen and oxygen atoms in total. The molecule has 13 heavy (non-hydrogen) atoms. The second-order valence-corrected chi connectivity index (χ2v) is 3.47. The molecule has 1 aliphatic heterocycles. The first-order valence-electron chi connectivity index (χ1n) is 4.79. The Bertz CT molecular complexity index is 223. The van der Waals surface area contributed by atoms with Crippen LogP contribution in [0.15, 0.2) is 11.1 Å². The first kappa shape index (κ1) is 10.3. The van der Waals surface area contributed by atoms with E-state index in [-0.39, 0.29) is 0 Å². The molecule has 1 fully saturated rings. The van der Waals surface area contributed by atoms with Gasteiger partial charge in [0.1, 0.15) is 0 Å². The van der Waals surface area contributed by atoms with Gasteiger partial charge in [0.25, 0.3) is 0 Å². The minimum absolute atomic E-state index is 0.552.